The van der Waals surface area contributed by atoms with Gasteiger partial charge in [0.1, 0.15) is 6.07 Å². The Balaban J connectivity index is 1.95. The minimum Gasteiger partial charge on any atom is -0.367 e. The van der Waals surface area contributed by atoms with E-state index in [0.29, 0.717) is 6.04 Å². The minimum atomic E-state index is 0.518. The third-order valence-corrected chi connectivity index (χ3v) is 5.60. The fourth-order valence-electron chi connectivity index (χ4n) is 3.63. The van der Waals surface area contributed by atoms with Crippen molar-refractivity contribution in [3.63, 3.8) is 0 Å². The van der Waals surface area contributed by atoms with Gasteiger partial charge >= 0.3 is 0 Å². The quantitative estimate of drug-likeness (QED) is 0.868. The van der Waals surface area contributed by atoms with E-state index in [9.17, 15) is 5.26 Å². The van der Waals surface area contributed by atoms with Gasteiger partial charge in [0, 0.05) is 30.6 Å². The standard InChI is InChI=1S/C16H21N3S/c1-3-20-16-6-4-5-15(13(16)7-17)19-10-12-8-18-9-14(12)11(19)2/h4-6,11-12,14,18H,3,8-10H2,1-2H3. The maximum atomic E-state index is 9.57. The molecule has 0 aromatic heterocycles. The molecule has 1 aromatic carbocycles. The van der Waals surface area contributed by atoms with E-state index in [2.05, 4.69) is 48.3 Å². The normalized spacial score (nSPS) is 28.4. The molecule has 0 spiro atoms. The highest BCUT2D eigenvalue weighted by Crippen LogP contribution is 2.39. The average Bonchev–Trinajstić information content (AvgIpc) is 3.02. The Hall–Kier alpha value is -1.18. The molecule has 1 N–H and O–H groups in total. The molecule has 3 rings (SSSR count). The fraction of sp³-hybridized carbons (Fsp3) is 0.562. The number of thioether (sulfide) groups is 1. The Kier molecular flexibility index (Phi) is 3.91. The summed E-state index contributed by atoms with van der Waals surface area (Å²) in [5, 5.41) is 13.1. The number of fused-ring (bicyclic) bond motifs is 1. The molecular formula is C16H21N3S. The van der Waals surface area contributed by atoms with Gasteiger partial charge in [-0.15, -0.1) is 11.8 Å². The summed E-state index contributed by atoms with van der Waals surface area (Å²) >= 11 is 1.76. The van der Waals surface area contributed by atoms with Crippen molar-refractivity contribution >= 4 is 17.4 Å². The first-order valence-electron chi connectivity index (χ1n) is 7.39. The van der Waals surface area contributed by atoms with Crippen LogP contribution in [-0.4, -0.2) is 31.4 Å². The van der Waals surface area contributed by atoms with Crippen LogP contribution in [0.3, 0.4) is 0 Å². The van der Waals surface area contributed by atoms with E-state index >= 15 is 0 Å². The van der Waals surface area contributed by atoms with E-state index in [1.54, 1.807) is 11.8 Å². The van der Waals surface area contributed by atoms with Crippen molar-refractivity contribution in [2.24, 2.45) is 11.8 Å². The molecule has 0 bridgehead atoms. The molecule has 0 radical (unpaired) electrons. The van der Waals surface area contributed by atoms with Crippen molar-refractivity contribution in [2.75, 3.05) is 30.3 Å². The van der Waals surface area contributed by atoms with Gasteiger partial charge in [0.05, 0.1) is 11.3 Å². The lowest BCUT2D eigenvalue weighted by atomic mass is 9.95. The highest BCUT2D eigenvalue weighted by atomic mass is 32.2. The van der Waals surface area contributed by atoms with Crippen molar-refractivity contribution in [3.8, 4) is 6.07 Å². The largest absolute Gasteiger partial charge is 0.367 e. The van der Waals surface area contributed by atoms with Crippen LogP contribution >= 0.6 is 11.8 Å². The van der Waals surface area contributed by atoms with Crippen LogP contribution in [0.1, 0.15) is 19.4 Å². The van der Waals surface area contributed by atoms with Crippen LogP contribution in [0.5, 0.6) is 0 Å². The molecule has 3 nitrogen and oxygen atoms in total. The van der Waals surface area contributed by atoms with Gasteiger partial charge < -0.3 is 10.2 Å². The summed E-state index contributed by atoms with van der Waals surface area (Å²) in [7, 11) is 0. The van der Waals surface area contributed by atoms with E-state index in [0.717, 1.165) is 53.4 Å². The molecule has 20 heavy (non-hydrogen) atoms. The maximum absolute atomic E-state index is 9.57. The minimum absolute atomic E-state index is 0.518. The number of hydrogen-bond donors (Lipinski definition) is 1. The SMILES string of the molecule is CCSc1cccc(N2CC3CNCC3C2C)c1C#N. The van der Waals surface area contributed by atoms with Gasteiger partial charge in [-0.2, -0.15) is 5.26 Å². The topological polar surface area (TPSA) is 39.1 Å². The zero-order valence-corrected chi connectivity index (χ0v) is 12.9. The van der Waals surface area contributed by atoms with Crippen molar-refractivity contribution in [1.82, 2.24) is 5.32 Å². The van der Waals surface area contributed by atoms with Crippen molar-refractivity contribution in [2.45, 2.75) is 24.8 Å². The molecule has 2 fully saturated rings. The summed E-state index contributed by atoms with van der Waals surface area (Å²) in [6, 6.07) is 9.23. The molecule has 3 unspecified atom stereocenters. The molecule has 2 saturated heterocycles. The van der Waals surface area contributed by atoms with Crippen molar-refractivity contribution < 1.29 is 0 Å². The Morgan fingerprint density at radius 3 is 3.00 bits per heavy atom. The Labute approximate surface area is 125 Å². The molecule has 4 heteroatoms. The van der Waals surface area contributed by atoms with Crippen LogP contribution in [0.25, 0.3) is 0 Å². The number of nitrogens with zero attached hydrogens (tertiary/aromatic N) is 2. The molecular weight excluding hydrogens is 266 g/mol. The zero-order chi connectivity index (χ0) is 14.1. The molecule has 2 heterocycles. The molecule has 0 saturated carbocycles. The van der Waals surface area contributed by atoms with Gasteiger partial charge in [-0.3, -0.25) is 0 Å². The smallest absolute Gasteiger partial charge is 0.103 e. The molecule has 3 atom stereocenters. The van der Waals surface area contributed by atoms with E-state index in [-0.39, 0.29) is 0 Å². The van der Waals surface area contributed by atoms with Crippen LogP contribution < -0.4 is 10.2 Å². The van der Waals surface area contributed by atoms with E-state index < -0.39 is 0 Å². The van der Waals surface area contributed by atoms with Gasteiger partial charge in [-0.1, -0.05) is 13.0 Å². The molecule has 2 aliphatic heterocycles. The lowest BCUT2D eigenvalue weighted by molar-refractivity contribution is 0.471. The second-order valence-electron chi connectivity index (χ2n) is 5.67. The van der Waals surface area contributed by atoms with Crippen LogP contribution in [0, 0.1) is 23.2 Å². The highest BCUT2D eigenvalue weighted by molar-refractivity contribution is 7.99. The Morgan fingerprint density at radius 1 is 1.45 bits per heavy atom. The maximum Gasteiger partial charge on any atom is 0.103 e. The average molecular weight is 287 g/mol. The molecule has 106 valence electrons. The summed E-state index contributed by atoms with van der Waals surface area (Å²) in [6.07, 6.45) is 0. The molecule has 0 aliphatic carbocycles. The van der Waals surface area contributed by atoms with Crippen LogP contribution in [0.2, 0.25) is 0 Å². The van der Waals surface area contributed by atoms with Gasteiger partial charge in [0.25, 0.3) is 0 Å². The second-order valence-corrected chi connectivity index (χ2v) is 6.98. The molecule has 0 amide bonds. The second kappa shape index (κ2) is 5.67. The van der Waals surface area contributed by atoms with E-state index in [1.807, 2.05) is 0 Å². The summed E-state index contributed by atoms with van der Waals surface area (Å²) < 4.78 is 0. The van der Waals surface area contributed by atoms with Crippen molar-refractivity contribution in [3.05, 3.63) is 23.8 Å². The predicted molar refractivity (Wildman–Crippen MR) is 84.2 cm³/mol. The van der Waals surface area contributed by atoms with Gasteiger partial charge in [-0.25, -0.2) is 0 Å². The Morgan fingerprint density at radius 2 is 2.30 bits per heavy atom. The van der Waals surface area contributed by atoms with E-state index in [1.165, 1.54) is 0 Å². The number of rotatable bonds is 3. The number of benzene rings is 1. The van der Waals surface area contributed by atoms with Gasteiger partial charge in [0.2, 0.25) is 0 Å². The monoisotopic (exact) mass is 287 g/mol. The number of nitrogens with one attached hydrogen (secondary N) is 1. The molecule has 2 aliphatic rings. The van der Waals surface area contributed by atoms with E-state index in [4.69, 9.17) is 0 Å². The number of nitriles is 1. The molecule has 1 aromatic rings. The first-order valence-corrected chi connectivity index (χ1v) is 8.38. The van der Waals surface area contributed by atoms with Gasteiger partial charge in [-0.05, 0) is 36.6 Å². The first kappa shape index (κ1) is 13.8. The number of hydrogen-bond acceptors (Lipinski definition) is 4. The Bertz CT molecular complexity index is 537. The summed E-state index contributed by atoms with van der Waals surface area (Å²) in [5.41, 5.74) is 1.99. The zero-order valence-electron chi connectivity index (χ0n) is 12.1. The lowest BCUT2D eigenvalue weighted by Gasteiger charge is -2.28. The predicted octanol–water partition coefficient (Wildman–Crippen LogP) is 2.71. The summed E-state index contributed by atoms with van der Waals surface area (Å²) in [4.78, 5) is 3.57. The van der Waals surface area contributed by atoms with Crippen LogP contribution in [0.4, 0.5) is 5.69 Å². The number of anilines is 1. The summed E-state index contributed by atoms with van der Waals surface area (Å²) in [5.74, 6) is 2.46. The summed E-state index contributed by atoms with van der Waals surface area (Å²) in [6.45, 7) is 7.75. The third-order valence-electron chi connectivity index (χ3n) is 4.66. The van der Waals surface area contributed by atoms with Crippen LogP contribution in [0.15, 0.2) is 23.1 Å². The van der Waals surface area contributed by atoms with Gasteiger partial charge in [0.15, 0.2) is 0 Å². The van der Waals surface area contributed by atoms with Crippen molar-refractivity contribution in [1.29, 1.82) is 5.26 Å². The third kappa shape index (κ3) is 2.19. The lowest BCUT2D eigenvalue weighted by Crippen LogP contribution is -2.33. The van der Waals surface area contributed by atoms with Crippen LogP contribution in [-0.2, 0) is 0 Å². The first-order chi connectivity index (χ1) is 9.76. The fourth-order valence-corrected chi connectivity index (χ4v) is 4.41. The highest BCUT2D eigenvalue weighted by Gasteiger charge is 2.42.